The Morgan fingerprint density at radius 3 is 2.41 bits per heavy atom. The highest BCUT2D eigenvalue weighted by molar-refractivity contribution is 9.10. The molecule has 3 rings (SSSR count). The largest absolute Gasteiger partial charge is 0.495 e. The SMILES string of the molecule is COc1ccccc1NC(=O)CN(C1CCCCC1)S(=O)(=O)c1ccc(Br)cc1. The highest BCUT2D eigenvalue weighted by Crippen LogP contribution is 2.29. The van der Waals surface area contributed by atoms with Crippen LogP contribution in [0.4, 0.5) is 5.69 Å². The van der Waals surface area contributed by atoms with Crippen molar-refractivity contribution in [1.29, 1.82) is 0 Å². The second kappa shape index (κ2) is 9.73. The minimum absolute atomic E-state index is 0.180. The number of methoxy groups -OCH3 is 1. The quantitative estimate of drug-likeness (QED) is 0.636. The van der Waals surface area contributed by atoms with Crippen LogP contribution in [0.3, 0.4) is 0 Å². The predicted molar refractivity (Wildman–Crippen MR) is 117 cm³/mol. The molecule has 0 aromatic heterocycles. The summed E-state index contributed by atoms with van der Waals surface area (Å²) >= 11 is 3.33. The molecule has 2 aromatic rings. The second-order valence-electron chi connectivity index (χ2n) is 7.04. The highest BCUT2D eigenvalue weighted by atomic mass is 79.9. The molecule has 1 saturated carbocycles. The van der Waals surface area contributed by atoms with Crippen LogP contribution >= 0.6 is 15.9 Å². The summed E-state index contributed by atoms with van der Waals surface area (Å²) in [5.41, 5.74) is 0.518. The van der Waals surface area contributed by atoms with Crippen molar-refractivity contribution in [2.45, 2.75) is 43.0 Å². The highest BCUT2D eigenvalue weighted by Gasteiger charge is 2.34. The average Bonchev–Trinajstić information content (AvgIpc) is 2.73. The van der Waals surface area contributed by atoms with Gasteiger partial charge in [0.05, 0.1) is 24.2 Å². The molecule has 1 aliphatic carbocycles. The summed E-state index contributed by atoms with van der Waals surface area (Å²) in [5.74, 6) is 0.140. The standard InChI is InChI=1S/C21H25BrN2O4S/c1-28-20-10-6-5-9-19(20)23-21(25)15-24(17-7-3-2-4-8-17)29(26,27)18-13-11-16(22)12-14-18/h5-6,9-14,17H,2-4,7-8,15H2,1H3,(H,23,25). The first kappa shape index (κ1) is 21.8. The third kappa shape index (κ3) is 5.38. The van der Waals surface area contributed by atoms with Gasteiger partial charge in [-0.1, -0.05) is 47.3 Å². The summed E-state index contributed by atoms with van der Waals surface area (Å²) in [6.07, 6.45) is 4.54. The lowest BCUT2D eigenvalue weighted by molar-refractivity contribution is -0.116. The molecule has 0 unspecified atom stereocenters. The Kier molecular flexibility index (Phi) is 7.32. The molecule has 1 fully saturated rings. The smallest absolute Gasteiger partial charge is 0.243 e. The van der Waals surface area contributed by atoms with Crippen LogP contribution in [0.1, 0.15) is 32.1 Å². The van der Waals surface area contributed by atoms with Crippen LogP contribution in [0, 0.1) is 0 Å². The molecule has 156 valence electrons. The van der Waals surface area contributed by atoms with Crippen LogP contribution in [-0.2, 0) is 14.8 Å². The number of hydrogen-bond acceptors (Lipinski definition) is 4. The van der Waals surface area contributed by atoms with E-state index in [4.69, 9.17) is 4.74 Å². The molecule has 2 aromatic carbocycles. The summed E-state index contributed by atoms with van der Waals surface area (Å²) in [7, 11) is -2.27. The van der Waals surface area contributed by atoms with Gasteiger partial charge in [-0.2, -0.15) is 4.31 Å². The van der Waals surface area contributed by atoms with Gasteiger partial charge < -0.3 is 10.1 Å². The fraction of sp³-hybridized carbons (Fsp3) is 0.381. The number of carbonyl (C=O) groups excluding carboxylic acids is 1. The molecule has 0 atom stereocenters. The minimum atomic E-state index is -3.80. The zero-order valence-corrected chi connectivity index (χ0v) is 18.7. The minimum Gasteiger partial charge on any atom is -0.495 e. The number of para-hydroxylation sites is 2. The van der Waals surface area contributed by atoms with Crippen molar-refractivity contribution in [2.24, 2.45) is 0 Å². The molecule has 0 saturated heterocycles. The summed E-state index contributed by atoms with van der Waals surface area (Å²) in [6.45, 7) is -0.235. The van der Waals surface area contributed by atoms with E-state index in [1.165, 1.54) is 11.4 Å². The molecule has 1 amide bonds. The lowest BCUT2D eigenvalue weighted by Gasteiger charge is -2.33. The average molecular weight is 481 g/mol. The monoisotopic (exact) mass is 480 g/mol. The molecule has 0 heterocycles. The van der Waals surface area contributed by atoms with Crippen molar-refractivity contribution in [1.82, 2.24) is 4.31 Å². The normalized spacial score (nSPS) is 15.3. The van der Waals surface area contributed by atoms with Crippen LogP contribution in [0.2, 0.25) is 0 Å². The van der Waals surface area contributed by atoms with Crippen LogP contribution in [0.25, 0.3) is 0 Å². The maximum atomic E-state index is 13.4. The van der Waals surface area contributed by atoms with Gasteiger partial charge in [0.2, 0.25) is 15.9 Å². The Morgan fingerprint density at radius 2 is 1.76 bits per heavy atom. The number of nitrogens with zero attached hydrogens (tertiary/aromatic N) is 1. The van der Waals surface area contributed by atoms with Gasteiger partial charge in [0.15, 0.2) is 0 Å². The molecule has 0 spiro atoms. The van der Waals surface area contributed by atoms with Gasteiger partial charge in [-0.05, 0) is 49.2 Å². The van der Waals surface area contributed by atoms with Crippen LogP contribution < -0.4 is 10.1 Å². The van der Waals surface area contributed by atoms with Crippen molar-refractivity contribution in [2.75, 3.05) is 19.0 Å². The number of nitrogens with one attached hydrogen (secondary N) is 1. The van der Waals surface area contributed by atoms with E-state index in [2.05, 4.69) is 21.2 Å². The number of sulfonamides is 1. The van der Waals surface area contributed by atoms with E-state index in [-0.39, 0.29) is 23.4 Å². The predicted octanol–water partition coefficient (Wildman–Crippen LogP) is 4.42. The number of amides is 1. The lowest BCUT2D eigenvalue weighted by Crippen LogP contribution is -2.45. The van der Waals surface area contributed by atoms with Crippen LogP contribution in [0.15, 0.2) is 57.9 Å². The number of rotatable bonds is 7. The van der Waals surface area contributed by atoms with Gasteiger partial charge in [-0.25, -0.2) is 8.42 Å². The second-order valence-corrected chi connectivity index (χ2v) is 9.85. The van der Waals surface area contributed by atoms with E-state index in [9.17, 15) is 13.2 Å². The molecule has 1 aliphatic rings. The van der Waals surface area contributed by atoms with Gasteiger partial charge >= 0.3 is 0 Å². The number of benzene rings is 2. The van der Waals surface area contributed by atoms with E-state index < -0.39 is 10.0 Å². The first-order chi connectivity index (χ1) is 13.9. The Hall–Kier alpha value is -1.90. The first-order valence-electron chi connectivity index (χ1n) is 9.62. The Balaban J connectivity index is 1.85. The van der Waals surface area contributed by atoms with Crippen LogP contribution in [-0.4, -0.2) is 38.3 Å². The molecule has 29 heavy (non-hydrogen) atoms. The summed E-state index contributed by atoms with van der Waals surface area (Å²) < 4.78 is 34.1. The Bertz CT molecular complexity index is 941. The van der Waals surface area contributed by atoms with Crippen molar-refractivity contribution in [3.63, 3.8) is 0 Å². The zero-order valence-electron chi connectivity index (χ0n) is 16.3. The zero-order chi connectivity index (χ0) is 20.9. The number of carbonyl (C=O) groups is 1. The Morgan fingerprint density at radius 1 is 1.10 bits per heavy atom. The molecule has 0 radical (unpaired) electrons. The maximum Gasteiger partial charge on any atom is 0.243 e. The van der Waals surface area contributed by atoms with Crippen molar-refractivity contribution >= 4 is 37.5 Å². The molecule has 8 heteroatoms. The van der Waals surface area contributed by atoms with Gasteiger partial charge in [0.25, 0.3) is 0 Å². The summed E-state index contributed by atoms with van der Waals surface area (Å²) in [4.78, 5) is 13.0. The van der Waals surface area contributed by atoms with Gasteiger partial charge in [-0.15, -0.1) is 0 Å². The number of halogens is 1. The molecular weight excluding hydrogens is 456 g/mol. The first-order valence-corrected chi connectivity index (χ1v) is 11.9. The van der Waals surface area contributed by atoms with Crippen molar-refractivity contribution < 1.29 is 17.9 Å². The van der Waals surface area contributed by atoms with Crippen molar-refractivity contribution in [3.8, 4) is 5.75 Å². The fourth-order valence-electron chi connectivity index (χ4n) is 3.60. The molecular formula is C21H25BrN2O4S. The third-order valence-corrected chi connectivity index (χ3v) is 7.52. The molecule has 0 aliphatic heterocycles. The summed E-state index contributed by atoms with van der Waals surface area (Å²) in [6, 6.07) is 13.4. The third-order valence-electron chi connectivity index (χ3n) is 5.08. The molecule has 1 N–H and O–H groups in total. The van der Waals surface area contributed by atoms with Gasteiger partial charge in [0, 0.05) is 10.5 Å². The number of ether oxygens (including phenoxy) is 1. The number of anilines is 1. The topological polar surface area (TPSA) is 75.7 Å². The Labute approximate surface area is 180 Å². The van der Waals surface area contributed by atoms with E-state index in [1.54, 1.807) is 48.5 Å². The summed E-state index contributed by atoms with van der Waals surface area (Å²) in [5, 5.41) is 2.79. The maximum absolute atomic E-state index is 13.4. The fourth-order valence-corrected chi connectivity index (χ4v) is 5.51. The number of hydrogen-bond donors (Lipinski definition) is 1. The molecule has 0 bridgehead atoms. The van der Waals surface area contributed by atoms with Crippen LogP contribution in [0.5, 0.6) is 5.75 Å². The van der Waals surface area contributed by atoms with E-state index in [1.807, 2.05) is 0 Å². The van der Waals surface area contributed by atoms with Gasteiger partial charge in [0.1, 0.15) is 5.75 Å². The lowest BCUT2D eigenvalue weighted by atomic mass is 9.95. The van der Waals surface area contributed by atoms with E-state index >= 15 is 0 Å². The van der Waals surface area contributed by atoms with Crippen molar-refractivity contribution in [3.05, 3.63) is 53.0 Å². The van der Waals surface area contributed by atoms with E-state index in [0.717, 1.165) is 36.6 Å². The van der Waals surface area contributed by atoms with Gasteiger partial charge in [-0.3, -0.25) is 4.79 Å². The molecule has 6 nitrogen and oxygen atoms in total. The van der Waals surface area contributed by atoms with E-state index in [0.29, 0.717) is 11.4 Å².